The van der Waals surface area contributed by atoms with Crippen molar-refractivity contribution >= 4 is 22.5 Å². The Balaban J connectivity index is 1.69. The first-order valence-electron chi connectivity index (χ1n) is 10.1. The van der Waals surface area contributed by atoms with E-state index in [4.69, 9.17) is 11.6 Å². The number of aromatic nitrogens is 3. The van der Waals surface area contributed by atoms with Crippen LogP contribution in [0, 0.1) is 0 Å². The summed E-state index contributed by atoms with van der Waals surface area (Å²) >= 11 is 6.37. The summed E-state index contributed by atoms with van der Waals surface area (Å²) in [5.74, 6) is 0.459. The first-order valence-corrected chi connectivity index (χ1v) is 10.5. The lowest BCUT2D eigenvalue weighted by atomic mass is 10.0. The number of halogens is 4. The number of fused-ring (bicyclic) bond motifs is 1. The van der Waals surface area contributed by atoms with Crippen LogP contribution in [0.25, 0.3) is 16.6 Å². The monoisotopic (exact) mass is 455 g/mol. The van der Waals surface area contributed by atoms with Gasteiger partial charge in [0.25, 0.3) is 0 Å². The molecule has 0 N–H and O–H groups in total. The van der Waals surface area contributed by atoms with Crippen LogP contribution in [0.1, 0.15) is 41.3 Å². The second-order valence-corrected chi connectivity index (χ2v) is 8.31. The lowest BCUT2D eigenvalue weighted by Crippen LogP contribution is -2.24. The Morgan fingerprint density at radius 2 is 1.84 bits per heavy atom. The van der Waals surface area contributed by atoms with E-state index in [1.807, 2.05) is 18.2 Å². The highest BCUT2D eigenvalue weighted by Crippen LogP contribution is 2.41. The molecule has 0 bridgehead atoms. The average Bonchev–Trinajstić information content (AvgIpc) is 3.60. The zero-order valence-corrected chi connectivity index (χ0v) is 17.5. The number of benzene rings is 2. The standard InChI is InChI=1S/C24H17ClF3N3O/c25-18-3-1-2-4-20(18)31-21-13-16(15-5-6-15)7-8-17(21)19(30-23(31)32)11-14-9-10-29-22(12-14)24(26,27)28/h1-4,7-10,12-13,15H,5-6,11H2. The predicted octanol–water partition coefficient (Wildman–Crippen LogP) is 5.92. The van der Waals surface area contributed by atoms with Crippen LogP contribution in [0.15, 0.2) is 65.6 Å². The molecule has 1 aliphatic carbocycles. The first-order chi connectivity index (χ1) is 15.3. The van der Waals surface area contributed by atoms with E-state index in [2.05, 4.69) is 9.97 Å². The van der Waals surface area contributed by atoms with E-state index in [1.165, 1.54) is 10.6 Å². The molecule has 0 atom stereocenters. The summed E-state index contributed by atoms with van der Waals surface area (Å²) in [6, 6.07) is 15.4. The van der Waals surface area contributed by atoms with E-state index >= 15 is 0 Å². The summed E-state index contributed by atoms with van der Waals surface area (Å²) in [4.78, 5) is 20.8. The second kappa shape index (κ2) is 7.74. The largest absolute Gasteiger partial charge is 0.433 e. The van der Waals surface area contributed by atoms with E-state index < -0.39 is 17.6 Å². The number of rotatable bonds is 4. The lowest BCUT2D eigenvalue weighted by Gasteiger charge is -2.15. The number of nitrogens with zero attached hydrogens (tertiary/aromatic N) is 3. The van der Waals surface area contributed by atoms with E-state index in [1.54, 1.807) is 24.3 Å². The van der Waals surface area contributed by atoms with Gasteiger partial charge in [-0.1, -0.05) is 35.9 Å². The second-order valence-electron chi connectivity index (χ2n) is 7.90. The quantitative estimate of drug-likeness (QED) is 0.383. The molecule has 2 heterocycles. The smallest absolute Gasteiger partial charge is 0.259 e. The van der Waals surface area contributed by atoms with Gasteiger partial charge in [-0.2, -0.15) is 18.2 Å². The number of hydrogen-bond acceptors (Lipinski definition) is 3. The molecule has 0 amide bonds. The highest BCUT2D eigenvalue weighted by molar-refractivity contribution is 6.32. The van der Waals surface area contributed by atoms with Crippen molar-refractivity contribution in [2.45, 2.75) is 31.4 Å². The minimum Gasteiger partial charge on any atom is -0.259 e. The molecular formula is C24H17ClF3N3O. The maximum absolute atomic E-state index is 13.1. The fraction of sp³-hybridized carbons (Fsp3) is 0.208. The van der Waals surface area contributed by atoms with Gasteiger partial charge in [0.15, 0.2) is 0 Å². The van der Waals surface area contributed by atoms with Gasteiger partial charge in [0.2, 0.25) is 0 Å². The Bertz CT molecular complexity index is 1390. The van der Waals surface area contributed by atoms with Crippen LogP contribution in [-0.4, -0.2) is 14.5 Å². The highest BCUT2D eigenvalue weighted by Gasteiger charge is 2.32. The van der Waals surface area contributed by atoms with Gasteiger partial charge in [-0.15, -0.1) is 0 Å². The Morgan fingerprint density at radius 3 is 2.56 bits per heavy atom. The van der Waals surface area contributed by atoms with Crippen molar-refractivity contribution in [2.24, 2.45) is 0 Å². The Labute approximate surface area is 186 Å². The van der Waals surface area contributed by atoms with Crippen molar-refractivity contribution < 1.29 is 13.2 Å². The van der Waals surface area contributed by atoms with E-state index in [9.17, 15) is 18.0 Å². The number of alkyl halides is 3. The molecule has 4 aromatic rings. The van der Waals surface area contributed by atoms with Gasteiger partial charge in [-0.3, -0.25) is 9.55 Å². The van der Waals surface area contributed by atoms with Gasteiger partial charge in [0.05, 0.1) is 21.9 Å². The van der Waals surface area contributed by atoms with Crippen LogP contribution in [0.3, 0.4) is 0 Å². The SMILES string of the molecule is O=c1nc(Cc2ccnc(C(F)(F)F)c2)c2ccc(C3CC3)cc2n1-c1ccccc1Cl. The summed E-state index contributed by atoms with van der Waals surface area (Å²) in [6.07, 6.45) is -1.16. The molecule has 1 aliphatic rings. The molecule has 32 heavy (non-hydrogen) atoms. The first kappa shape index (κ1) is 20.7. The average molecular weight is 456 g/mol. The van der Waals surface area contributed by atoms with Crippen molar-refractivity contribution in [3.8, 4) is 5.69 Å². The van der Waals surface area contributed by atoms with Crippen molar-refractivity contribution in [1.82, 2.24) is 14.5 Å². The van der Waals surface area contributed by atoms with Gasteiger partial charge < -0.3 is 0 Å². The fourth-order valence-electron chi connectivity index (χ4n) is 3.91. The van der Waals surface area contributed by atoms with Crippen molar-refractivity contribution in [1.29, 1.82) is 0 Å². The highest BCUT2D eigenvalue weighted by atomic mass is 35.5. The zero-order chi connectivity index (χ0) is 22.5. The molecular weight excluding hydrogens is 439 g/mol. The molecule has 0 unspecified atom stereocenters. The van der Waals surface area contributed by atoms with Crippen LogP contribution in [0.2, 0.25) is 5.02 Å². The minimum absolute atomic E-state index is 0.0729. The summed E-state index contributed by atoms with van der Waals surface area (Å²) < 4.78 is 40.7. The van der Waals surface area contributed by atoms with Crippen LogP contribution < -0.4 is 5.69 Å². The van der Waals surface area contributed by atoms with Crippen LogP contribution in [-0.2, 0) is 12.6 Å². The molecule has 0 radical (unpaired) electrons. The summed E-state index contributed by atoms with van der Waals surface area (Å²) in [5.41, 5.74) is 1.57. The van der Waals surface area contributed by atoms with Crippen LogP contribution in [0.4, 0.5) is 13.2 Å². The van der Waals surface area contributed by atoms with E-state index in [0.717, 1.165) is 30.7 Å². The normalized spacial score (nSPS) is 14.1. The fourth-order valence-corrected chi connectivity index (χ4v) is 4.13. The number of pyridine rings is 1. The molecule has 1 saturated carbocycles. The van der Waals surface area contributed by atoms with E-state index in [0.29, 0.717) is 38.8 Å². The topological polar surface area (TPSA) is 47.8 Å². The third-order valence-corrected chi connectivity index (χ3v) is 5.94. The van der Waals surface area contributed by atoms with Crippen molar-refractivity contribution in [2.75, 3.05) is 0 Å². The predicted molar refractivity (Wildman–Crippen MR) is 116 cm³/mol. The molecule has 2 aromatic carbocycles. The number of hydrogen-bond donors (Lipinski definition) is 0. The molecule has 8 heteroatoms. The maximum atomic E-state index is 13.1. The van der Waals surface area contributed by atoms with Crippen molar-refractivity contribution in [3.63, 3.8) is 0 Å². The van der Waals surface area contributed by atoms with Gasteiger partial charge in [-0.05, 0) is 60.2 Å². The Morgan fingerprint density at radius 1 is 1.06 bits per heavy atom. The Kier molecular flexibility index (Phi) is 5.01. The molecule has 162 valence electrons. The lowest BCUT2D eigenvalue weighted by molar-refractivity contribution is -0.141. The van der Waals surface area contributed by atoms with E-state index in [-0.39, 0.29) is 6.42 Å². The van der Waals surface area contributed by atoms with Crippen molar-refractivity contribution in [3.05, 3.63) is 98.8 Å². The minimum atomic E-state index is -4.54. The van der Waals surface area contributed by atoms with Gasteiger partial charge in [0.1, 0.15) is 5.69 Å². The molecule has 5 rings (SSSR count). The summed E-state index contributed by atoms with van der Waals surface area (Å²) in [5, 5.41) is 1.10. The van der Waals surface area contributed by atoms with Crippen LogP contribution >= 0.6 is 11.6 Å². The summed E-state index contributed by atoms with van der Waals surface area (Å²) in [7, 11) is 0. The molecule has 4 nitrogen and oxygen atoms in total. The summed E-state index contributed by atoms with van der Waals surface area (Å²) in [6.45, 7) is 0. The molecule has 1 fully saturated rings. The number of para-hydroxylation sites is 1. The van der Waals surface area contributed by atoms with Gasteiger partial charge in [0, 0.05) is 18.0 Å². The van der Waals surface area contributed by atoms with Gasteiger partial charge >= 0.3 is 11.9 Å². The van der Waals surface area contributed by atoms with Crippen LogP contribution in [0.5, 0.6) is 0 Å². The molecule has 0 aliphatic heterocycles. The molecule has 2 aromatic heterocycles. The zero-order valence-electron chi connectivity index (χ0n) is 16.7. The third kappa shape index (κ3) is 3.88. The van der Waals surface area contributed by atoms with Gasteiger partial charge in [-0.25, -0.2) is 4.79 Å². The maximum Gasteiger partial charge on any atom is 0.433 e. The molecule has 0 spiro atoms. The molecule has 0 saturated heterocycles. The Hall–Kier alpha value is -3.19. The third-order valence-electron chi connectivity index (χ3n) is 5.62.